The molecule has 0 aliphatic heterocycles. The van der Waals surface area contributed by atoms with Crippen LogP contribution in [0.4, 0.5) is 0 Å². The lowest BCUT2D eigenvalue weighted by atomic mass is 10.2. The fourth-order valence-corrected chi connectivity index (χ4v) is 1.06. The van der Waals surface area contributed by atoms with Gasteiger partial charge in [-0.3, -0.25) is 3.53 Å². The van der Waals surface area contributed by atoms with Gasteiger partial charge < -0.3 is 5.32 Å². The van der Waals surface area contributed by atoms with Crippen molar-refractivity contribution in [3.63, 3.8) is 0 Å². The maximum absolute atomic E-state index is 3.44. The Labute approximate surface area is 89.7 Å². The fraction of sp³-hybridized carbons (Fsp3) is 0.778. The molecule has 2 nitrogen and oxygen atoms in total. The van der Waals surface area contributed by atoms with Gasteiger partial charge in [-0.05, 0) is 26.3 Å². The van der Waals surface area contributed by atoms with E-state index >= 15 is 0 Å². The average Bonchev–Trinajstić information content (AvgIpc) is 2.10. The van der Waals surface area contributed by atoms with Crippen molar-refractivity contribution in [1.29, 1.82) is 0 Å². The van der Waals surface area contributed by atoms with Gasteiger partial charge in [-0.1, -0.05) is 19.1 Å². The molecular weight excluding hydrogens is 263 g/mol. The minimum absolute atomic E-state index is 0.654. The Bertz CT molecular complexity index is 115. The van der Waals surface area contributed by atoms with Crippen LogP contribution in [0.15, 0.2) is 12.2 Å². The zero-order valence-electron chi connectivity index (χ0n) is 7.94. The predicted molar refractivity (Wildman–Crippen MR) is 63.5 cm³/mol. The van der Waals surface area contributed by atoms with Gasteiger partial charge in [0.15, 0.2) is 0 Å². The normalized spacial score (nSPS) is 13.9. The molecule has 0 spiro atoms. The summed E-state index contributed by atoms with van der Waals surface area (Å²) in [4.78, 5) is 0. The summed E-state index contributed by atoms with van der Waals surface area (Å²) in [6.07, 6.45) is 6.70. The summed E-state index contributed by atoms with van der Waals surface area (Å²) in [5.41, 5.74) is 0. The molecular formula is C9H19IN2. The van der Waals surface area contributed by atoms with Crippen LogP contribution >= 0.6 is 22.9 Å². The SMILES string of the molecule is CCC(C)NCC/C=C\CNI. The van der Waals surface area contributed by atoms with Gasteiger partial charge in [-0.2, -0.15) is 0 Å². The van der Waals surface area contributed by atoms with E-state index < -0.39 is 0 Å². The quantitative estimate of drug-likeness (QED) is 0.324. The molecule has 0 saturated carbocycles. The van der Waals surface area contributed by atoms with E-state index in [-0.39, 0.29) is 0 Å². The van der Waals surface area contributed by atoms with Crippen molar-refractivity contribution in [3.05, 3.63) is 12.2 Å². The van der Waals surface area contributed by atoms with Crippen LogP contribution in [0.25, 0.3) is 0 Å². The molecule has 12 heavy (non-hydrogen) atoms. The van der Waals surface area contributed by atoms with Crippen molar-refractivity contribution in [3.8, 4) is 0 Å². The molecule has 0 rings (SSSR count). The number of halogens is 1. The van der Waals surface area contributed by atoms with Crippen molar-refractivity contribution < 1.29 is 0 Å². The predicted octanol–water partition coefficient (Wildman–Crippen LogP) is 2.26. The Kier molecular flexibility index (Phi) is 9.79. The first-order chi connectivity index (χ1) is 5.81. The molecule has 0 aromatic heterocycles. The number of hydrogen-bond donors (Lipinski definition) is 2. The molecule has 3 heteroatoms. The third-order valence-corrected chi connectivity index (χ3v) is 2.22. The Morgan fingerprint density at radius 2 is 2.17 bits per heavy atom. The van der Waals surface area contributed by atoms with Crippen molar-refractivity contribution >= 4 is 22.9 Å². The lowest BCUT2D eigenvalue weighted by Gasteiger charge is -2.08. The molecule has 0 aliphatic carbocycles. The zero-order chi connectivity index (χ0) is 9.23. The Morgan fingerprint density at radius 1 is 1.42 bits per heavy atom. The van der Waals surface area contributed by atoms with Gasteiger partial charge in [0.25, 0.3) is 0 Å². The molecule has 1 atom stereocenters. The summed E-state index contributed by atoms with van der Waals surface area (Å²) in [5.74, 6) is 0. The first-order valence-electron chi connectivity index (χ1n) is 4.53. The summed E-state index contributed by atoms with van der Waals surface area (Å²) in [6.45, 7) is 6.47. The number of nitrogens with one attached hydrogen (secondary N) is 2. The van der Waals surface area contributed by atoms with Crippen LogP contribution in [0.2, 0.25) is 0 Å². The van der Waals surface area contributed by atoms with Gasteiger partial charge >= 0.3 is 0 Å². The first-order valence-corrected chi connectivity index (χ1v) is 5.61. The lowest BCUT2D eigenvalue weighted by Crippen LogP contribution is -2.25. The molecule has 0 aromatic rings. The van der Waals surface area contributed by atoms with E-state index in [0.29, 0.717) is 6.04 Å². The van der Waals surface area contributed by atoms with Crippen LogP contribution in [0.3, 0.4) is 0 Å². The maximum Gasteiger partial charge on any atom is 0.0231 e. The van der Waals surface area contributed by atoms with Crippen LogP contribution in [0.1, 0.15) is 26.7 Å². The monoisotopic (exact) mass is 282 g/mol. The van der Waals surface area contributed by atoms with Crippen molar-refractivity contribution in [2.24, 2.45) is 0 Å². The second-order valence-electron chi connectivity index (χ2n) is 2.86. The largest absolute Gasteiger partial charge is 0.314 e. The van der Waals surface area contributed by atoms with Gasteiger partial charge in [-0.25, -0.2) is 0 Å². The second-order valence-corrected chi connectivity index (χ2v) is 3.62. The molecule has 2 N–H and O–H groups in total. The molecule has 72 valence electrons. The third-order valence-electron chi connectivity index (χ3n) is 1.78. The van der Waals surface area contributed by atoms with E-state index in [4.69, 9.17) is 0 Å². The summed E-state index contributed by atoms with van der Waals surface area (Å²) in [6, 6.07) is 0.654. The van der Waals surface area contributed by atoms with E-state index in [1.165, 1.54) is 6.42 Å². The van der Waals surface area contributed by atoms with Gasteiger partial charge in [0, 0.05) is 35.5 Å². The molecule has 0 heterocycles. The molecule has 0 saturated heterocycles. The molecule has 0 aromatic carbocycles. The average molecular weight is 282 g/mol. The van der Waals surface area contributed by atoms with Crippen LogP contribution in [0, 0.1) is 0 Å². The van der Waals surface area contributed by atoms with E-state index in [1.54, 1.807) is 0 Å². The van der Waals surface area contributed by atoms with Gasteiger partial charge in [0.1, 0.15) is 0 Å². The second kappa shape index (κ2) is 9.48. The highest BCUT2D eigenvalue weighted by molar-refractivity contribution is 14.1. The number of rotatable bonds is 7. The van der Waals surface area contributed by atoms with Crippen LogP contribution in [0.5, 0.6) is 0 Å². The fourth-order valence-electron chi connectivity index (χ4n) is 0.803. The third kappa shape index (κ3) is 8.49. The van der Waals surface area contributed by atoms with Crippen LogP contribution < -0.4 is 8.85 Å². The van der Waals surface area contributed by atoms with Gasteiger partial charge in [0.05, 0.1) is 0 Å². The molecule has 0 aliphatic rings. The maximum atomic E-state index is 3.44. The molecule has 0 bridgehead atoms. The topological polar surface area (TPSA) is 24.1 Å². The first kappa shape index (κ1) is 12.4. The zero-order valence-corrected chi connectivity index (χ0v) is 10.1. The highest BCUT2D eigenvalue weighted by atomic mass is 127. The van der Waals surface area contributed by atoms with E-state index in [2.05, 4.69) is 57.7 Å². The van der Waals surface area contributed by atoms with Crippen molar-refractivity contribution in [1.82, 2.24) is 8.85 Å². The summed E-state index contributed by atoms with van der Waals surface area (Å²) >= 11 is 2.15. The van der Waals surface area contributed by atoms with E-state index in [1.807, 2.05) is 0 Å². The lowest BCUT2D eigenvalue weighted by molar-refractivity contribution is 0.540. The highest BCUT2D eigenvalue weighted by Gasteiger charge is 1.93. The minimum atomic E-state index is 0.654. The van der Waals surface area contributed by atoms with Crippen LogP contribution in [-0.4, -0.2) is 19.1 Å². The van der Waals surface area contributed by atoms with Crippen molar-refractivity contribution in [2.45, 2.75) is 32.7 Å². The summed E-state index contributed by atoms with van der Waals surface area (Å²) in [7, 11) is 0. The van der Waals surface area contributed by atoms with E-state index in [0.717, 1.165) is 19.5 Å². The van der Waals surface area contributed by atoms with Crippen LogP contribution in [-0.2, 0) is 0 Å². The molecule has 0 fully saturated rings. The molecule has 0 radical (unpaired) electrons. The van der Waals surface area contributed by atoms with Gasteiger partial charge in [-0.15, -0.1) is 0 Å². The Morgan fingerprint density at radius 3 is 2.75 bits per heavy atom. The van der Waals surface area contributed by atoms with E-state index in [9.17, 15) is 0 Å². The Hall–Kier alpha value is 0.390. The Balaban J connectivity index is 3.09. The summed E-state index contributed by atoms with van der Waals surface area (Å²) < 4.78 is 3.04. The minimum Gasteiger partial charge on any atom is -0.314 e. The highest BCUT2D eigenvalue weighted by Crippen LogP contribution is 1.88. The standard InChI is InChI=1S/C9H19IN2/c1-3-9(2)11-7-5-4-6-8-12-10/h4,6,9,11-12H,3,5,7-8H2,1-2H3/b6-4-. The van der Waals surface area contributed by atoms with Crippen molar-refractivity contribution in [2.75, 3.05) is 13.1 Å². The smallest absolute Gasteiger partial charge is 0.0231 e. The molecule has 0 amide bonds. The van der Waals surface area contributed by atoms with Gasteiger partial charge in [0.2, 0.25) is 0 Å². The number of hydrogen-bond acceptors (Lipinski definition) is 2. The molecule has 1 unspecified atom stereocenters. The summed E-state index contributed by atoms with van der Waals surface area (Å²) in [5, 5.41) is 3.44.